The van der Waals surface area contributed by atoms with Crippen LogP contribution in [-0.2, 0) is 17.8 Å². The van der Waals surface area contributed by atoms with E-state index >= 15 is 0 Å². The van der Waals surface area contributed by atoms with E-state index in [1.807, 2.05) is 46.5 Å². The van der Waals surface area contributed by atoms with Crippen LogP contribution < -0.4 is 5.32 Å². The number of carbonyl (C=O) groups is 2. The molecule has 1 unspecified atom stereocenters. The van der Waals surface area contributed by atoms with Gasteiger partial charge in [-0.3, -0.25) is 14.9 Å². The summed E-state index contributed by atoms with van der Waals surface area (Å²) in [6.45, 7) is 6.08. The summed E-state index contributed by atoms with van der Waals surface area (Å²) in [5.74, 6) is 0.127. The quantitative estimate of drug-likeness (QED) is 0.331. The third-order valence-corrected chi connectivity index (χ3v) is 8.26. The van der Waals surface area contributed by atoms with Gasteiger partial charge in [-0.15, -0.1) is 0 Å². The molecule has 0 saturated carbocycles. The fourth-order valence-corrected chi connectivity index (χ4v) is 6.19. The van der Waals surface area contributed by atoms with E-state index in [0.29, 0.717) is 26.1 Å². The molecule has 2 aliphatic rings. The van der Waals surface area contributed by atoms with E-state index in [1.165, 1.54) is 5.56 Å². The molecule has 204 valence electrons. The number of carbonyl (C=O) groups excluding carboxylic acids is 2. The van der Waals surface area contributed by atoms with Crippen LogP contribution in [0.15, 0.2) is 60.9 Å². The first-order valence-corrected chi connectivity index (χ1v) is 13.7. The number of aromatic amines is 1. The van der Waals surface area contributed by atoms with Crippen LogP contribution in [0.5, 0.6) is 0 Å². The normalized spacial score (nSPS) is 16.7. The number of fused-ring (bicyclic) bond motifs is 2. The number of hydrogen-bond acceptors (Lipinski definition) is 4. The van der Waals surface area contributed by atoms with Crippen LogP contribution in [0.3, 0.4) is 0 Å². The zero-order chi connectivity index (χ0) is 26.9. The molecule has 1 fully saturated rings. The van der Waals surface area contributed by atoms with Crippen LogP contribution in [0.4, 0.5) is 10.5 Å². The lowest BCUT2D eigenvalue weighted by molar-refractivity contribution is -0.133. The molecule has 39 heavy (non-hydrogen) atoms. The van der Waals surface area contributed by atoms with E-state index in [0.717, 1.165) is 58.2 Å². The third-order valence-electron chi connectivity index (χ3n) is 8.26. The first-order valence-electron chi connectivity index (χ1n) is 13.7. The van der Waals surface area contributed by atoms with Gasteiger partial charge in [0.1, 0.15) is 0 Å². The number of pyridine rings is 1. The van der Waals surface area contributed by atoms with Crippen LogP contribution in [-0.4, -0.2) is 56.1 Å². The van der Waals surface area contributed by atoms with Gasteiger partial charge in [0.15, 0.2) is 0 Å². The second-order valence-corrected chi connectivity index (χ2v) is 10.9. The fraction of sp³-hybridized carbons (Fsp3) is 0.355. The third kappa shape index (κ3) is 5.11. The summed E-state index contributed by atoms with van der Waals surface area (Å²) in [5.41, 5.74) is 7.49. The largest absolute Gasteiger partial charge is 0.343 e. The number of urea groups is 1. The highest BCUT2D eigenvalue weighted by molar-refractivity contribution is 5.92. The Morgan fingerprint density at radius 2 is 1.92 bits per heavy atom. The molecule has 3 amide bonds. The smallest absolute Gasteiger partial charge is 0.322 e. The number of benzene rings is 2. The maximum Gasteiger partial charge on any atom is 0.322 e. The molecule has 0 aliphatic carbocycles. The van der Waals surface area contributed by atoms with Crippen LogP contribution in [0, 0.1) is 13.8 Å². The summed E-state index contributed by atoms with van der Waals surface area (Å²) in [6.07, 6.45) is 6.37. The molecule has 1 saturated heterocycles. The van der Waals surface area contributed by atoms with Crippen molar-refractivity contribution in [3.8, 4) is 0 Å². The average Bonchev–Trinajstić information content (AvgIpc) is 3.42. The highest BCUT2D eigenvalue weighted by Crippen LogP contribution is 2.31. The summed E-state index contributed by atoms with van der Waals surface area (Å²) in [6, 6.07) is 16.4. The summed E-state index contributed by atoms with van der Waals surface area (Å²) in [7, 11) is 0. The van der Waals surface area contributed by atoms with Gasteiger partial charge in [0.25, 0.3) is 0 Å². The Hall–Kier alpha value is -4.20. The molecule has 4 heterocycles. The number of H-pyrrole nitrogens is 1. The predicted molar refractivity (Wildman–Crippen MR) is 156 cm³/mol. The number of nitrogens with one attached hydrogen (secondary N) is 2. The van der Waals surface area contributed by atoms with Gasteiger partial charge in [-0.05, 0) is 73.6 Å². The van der Waals surface area contributed by atoms with E-state index in [-0.39, 0.29) is 26.8 Å². The number of amides is 3. The minimum atomic E-state index is -0.0472. The lowest BCUT2D eigenvalue weighted by Crippen LogP contribution is -2.51. The van der Waals surface area contributed by atoms with Gasteiger partial charge in [-0.25, -0.2) is 4.79 Å². The highest BCUT2D eigenvalue weighted by Gasteiger charge is 2.33. The van der Waals surface area contributed by atoms with E-state index in [4.69, 9.17) is 4.98 Å². The topological polar surface area (TPSA) is 94.2 Å². The van der Waals surface area contributed by atoms with Gasteiger partial charge in [0, 0.05) is 63.8 Å². The van der Waals surface area contributed by atoms with Gasteiger partial charge >= 0.3 is 6.03 Å². The number of para-hydroxylation sites is 1. The first kappa shape index (κ1) is 25.1. The fourth-order valence-electron chi connectivity index (χ4n) is 6.19. The molecule has 2 aromatic carbocycles. The minimum Gasteiger partial charge on any atom is -0.343 e. The Labute approximate surface area is 231 Å². The molecule has 2 aliphatic heterocycles. The molecule has 0 bridgehead atoms. The second-order valence-electron chi connectivity index (χ2n) is 10.9. The molecule has 1 atom stereocenters. The number of aromatic nitrogens is 3. The first-order chi connectivity index (χ1) is 19.0. The maximum atomic E-state index is 13.6. The number of nitrogens with zero attached hydrogens (tertiary/aromatic N) is 4. The summed E-state index contributed by atoms with van der Waals surface area (Å²) < 4.78 is 0. The monoisotopic (exact) mass is 526 g/mol. The maximum absolute atomic E-state index is 13.6. The van der Waals surface area contributed by atoms with E-state index in [9.17, 15) is 9.59 Å². The molecule has 0 radical (unpaired) electrons. The lowest BCUT2D eigenvalue weighted by Gasteiger charge is -2.40. The standard InChI is InChI=1S/C31H34N6O2.2H2/c1-20-6-5-11-32-29(20)24(15-22-14-21(2)30-25(16-22)18-33-35-30)17-28(38)36-12-9-26(10-13-36)37-19-23-7-3-4-8-27(23)34-31(37)39;;/h3-8,11,14,16,18,24,26H,9-10,12-13,15,17,19H2,1-2H3,(H,33,35)(H,34,39);2*1H. The van der Waals surface area contributed by atoms with Crippen molar-refractivity contribution in [3.05, 3.63) is 88.9 Å². The Morgan fingerprint density at radius 1 is 1.10 bits per heavy atom. The molecule has 8 nitrogen and oxygen atoms in total. The van der Waals surface area contributed by atoms with Gasteiger partial charge in [-0.1, -0.05) is 30.3 Å². The number of likely N-dealkylation sites (tertiary alicyclic amines) is 1. The van der Waals surface area contributed by atoms with E-state index < -0.39 is 0 Å². The number of anilines is 1. The van der Waals surface area contributed by atoms with Gasteiger partial charge in [-0.2, -0.15) is 5.10 Å². The summed E-state index contributed by atoms with van der Waals surface area (Å²) in [4.78, 5) is 35.0. The van der Waals surface area contributed by atoms with Crippen molar-refractivity contribution < 1.29 is 12.4 Å². The zero-order valence-corrected chi connectivity index (χ0v) is 22.5. The second kappa shape index (κ2) is 10.5. The Balaban J connectivity index is 0.00000194. The van der Waals surface area contributed by atoms with Crippen LogP contribution in [0.25, 0.3) is 10.9 Å². The molecular weight excluding hydrogens is 488 g/mol. The molecule has 0 spiro atoms. The van der Waals surface area contributed by atoms with Crippen LogP contribution >= 0.6 is 0 Å². The SMILES string of the molecule is Cc1cccnc1C(CC(=O)N1CCC(N2Cc3ccccc3NC2=O)CC1)Cc1cc(C)c2[nH]ncc2c1.[HH].[HH]. The number of rotatable bonds is 6. The Kier molecular flexibility index (Phi) is 6.77. The lowest BCUT2D eigenvalue weighted by atomic mass is 9.88. The molecular formula is C31H38N6O2. The van der Waals surface area contributed by atoms with Crippen molar-refractivity contribution in [2.75, 3.05) is 18.4 Å². The molecule has 8 heteroatoms. The van der Waals surface area contributed by atoms with Crippen molar-refractivity contribution in [3.63, 3.8) is 0 Å². The molecule has 4 aromatic rings. The molecule has 6 rings (SSSR count). The number of aryl methyl sites for hydroxylation is 2. The van der Waals surface area contributed by atoms with Gasteiger partial charge in [0.2, 0.25) is 5.91 Å². The average molecular weight is 527 g/mol. The van der Waals surface area contributed by atoms with Gasteiger partial charge < -0.3 is 15.1 Å². The minimum absolute atomic E-state index is 0. The summed E-state index contributed by atoms with van der Waals surface area (Å²) in [5, 5.41) is 11.4. The van der Waals surface area contributed by atoms with Crippen LogP contribution in [0.1, 0.15) is 56.0 Å². The zero-order valence-electron chi connectivity index (χ0n) is 22.5. The summed E-state index contributed by atoms with van der Waals surface area (Å²) >= 11 is 0. The van der Waals surface area contributed by atoms with Crippen molar-refractivity contribution in [2.45, 2.75) is 58.0 Å². The highest BCUT2D eigenvalue weighted by atomic mass is 16.2. The van der Waals surface area contributed by atoms with E-state index in [1.54, 1.807) is 0 Å². The molecule has 2 N–H and O–H groups in total. The van der Waals surface area contributed by atoms with Crippen molar-refractivity contribution >= 4 is 28.5 Å². The van der Waals surface area contributed by atoms with Crippen molar-refractivity contribution in [1.29, 1.82) is 0 Å². The predicted octanol–water partition coefficient (Wildman–Crippen LogP) is 5.82. The number of piperidine rings is 1. The van der Waals surface area contributed by atoms with Crippen molar-refractivity contribution in [1.82, 2.24) is 25.0 Å². The van der Waals surface area contributed by atoms with E-state index in [2.05, 4.69) is 53.6 Å². The molecule has 2 aromatic heterocycles. The Morgan fingerprint density at radius 3 is 2.74 bits per heavy atom. The Bertz CT molecular complexity index is 1530. The van der Waals surface area contributed by atoms with Crippen molar-refractivity contribution in [2.24, 2.45) is 0 Å². The van der Waals surface area contributed by atoms with Crippen LogP contribution in [0.2, 0.25) is 0 Å². The van der Waals surface area contributed by atoms with Gasteiger partial charge in [0.05, 0.1) is 11.7 Å². The number of hydrogen-bond donors (Lipinski definition) is 2.